The summed E-state index contributed by atoms with van der Waals surface area (Å²) in [7, 11) is -0.570. The standard InChI is InChI=1S/C19H23BrN2O5S/c1-13(14-9-10-17(26-2)18(11-14)27-3)21-19(23)12-22(28(4,24)25)16-8-6-5-7-15(16)20/h5-11,13H,12H2,1-4H3,(H,21,23). The zero-order valence-corrected chi connectivity index (χ0v) is 18.5. The second-order valence-corrected chi connectivity index (χ2v) is 8.89. The molecule has 2 aromatic carbocycles. The van der Waals surface area contributed by atoms with Crippen LogP contribution in [0.2, 0.25) is 0 Å². The number of ether oxygens (including phenoxy) is 2. The van der Waals surface area contributed by atoms with E-state index in [1.54, 1.807) is 43.5 Å². The number of sulfonamides is 1. The van der Waals surface area contributed by atoms with Crippen molar-refractivity contribution < 1.29 is 22.7 Å². The maximum absolute atomic E-state index is 12.6. The fraction of sp³-hybridized carbons (Fsp3) is 0.316. The number of rotatable bonds is 8. The number of para-hydroxylation sites is 1. The van der Waals surface area contributed by atoms with Crippen LogP contribution >= 0.6 is 15.9 Å². The van der Waals surface area contributed by atoms with Gasteiger partial charge in [0.2, 0.25) is 15.9 Å². The topological polar surface area (TPSA) is 84.9 Å². The molecule has 0 aliphatic rings. The minimum absolute atomic E-state index is 0.334. The summed E-state index contributed by atoms with van der Waals surface area (Å²) in [6.07, 6.45) is 1.07. The van der Waals surface area contributed by atoms with Gasteiger partial charge in [0, 0.05) is 4.47 Å². The van der Waals surface area contributed by atoms with E-state index in [2.05, 4.69) is 21.2 Å². The van der Waals surface area contributed by atoms with Crippen molar-refractivity contribution in [3.63, 3.8) is 0 Å². The third kappa shape index (κ3) is 5.39. The number of carbonyl (C=O) groups excluding carboxylic acids is 1. The number of methoxy groups -OCH3 is 2. The van der Waals surface area contributed by atoms with Gasteiger partial charge < -0.3 is 14.8 Å². The molecule has 1 N–H and O–H groups in total. The van der Waals surface area contributed by atoms with Crippen molar-refractivity contribution in [1.29, 1.82) is 0 Å². The first-order valence-electron chi connectivity index (χ1n) is 8.41. The highest BCUT2D eigenvalue weighted by Gasteiger charge is 2.23. The fourth-order valence-electron chi connectivity index (χ4n) is 2.66. The molecule has 0 heterocycles. The predicted octanol–water partition coefficient (Wildman–Crippen LogP) is 3.11. The summed E-state index contributed by atoms with van der Waals surface area (Å²) in [4.78, 5) is 12.6. The lowest BCUT2D eigenvalue weighted by Gasteiger charge is -2.24. The number of nitrogens with zero attached hydrogens (tertiary/aromatic N) is 1. The molecule has 1 atom stereocenters. The van der Waals surface area contributed by atoms with Crippen LogP contribution in [0.1, 0.15) is 18.5 Å². The van der Waals surface area contributed by atoms with Gasteiger partial charge in [0.1, 0.15) is 6.54 Å². The number of anilines is 1. The summed E-state index contributed by atoms with van der Waals surface area (Å²) in [5, 5.41) is 2.82. The van der Waals surface area contributed by atoms with Crippen LogP contribution in [0.15, 0.2) is 46.9 Å². The van der Waals surface area contributed by atoms with E-state index in [1.807, 2.05) is 13.0 Å². The second-order valence-electron chi connectivity index (χ2n) is 6.12. The first-order valence-corrected chi connectivity index (χ1v) is 11.0. The summed E-state index contributed by atoms with van der Waals surface area (Å²) in [5.41, 5.74) is 1.21. The van der Waals surface area contributed by atoms with Gasteiger partial charge in [-0.25, -0.2) is 8.42 Å². The number of hydrogen-bond donors (Lipinski definition) is 1. The maximum atomic E-state index is 12.6. The summed E-state index contributed by atoms with van der Waals surface area (Å²) >= 11 is 3.33. The number of carbonyl (C=O) groups is 1. The Morgan fingerprint density at radius 2 is 1.79 bits per heavy atom. The largest absolute Gasteiger partial charge is 0.493 e. The van der Waals surface area contributed by atoms with E-state index < -0.39 is 15.9 Å². The van der Waals surface area contributed by atoms with Crippen molar-refractivity contribution in [3.8, 4) is 11.5 Å². The van der Waals surface area contributed by atoms with Crippen molar-refractivity contribution in [2.45, 2.75) is 13.0 Å². The van der Waals surface area contributed by atoms with Crippen LogP contribution in [-0.4, -0.2) is 41.3 Å². The second kappa shape index (κ2) is 9.29. The Bertz CT molecular complexity index is 949. The smallest absolute Gasteiger partial charge is 0.241 e. The molecule has 0 fully saturated rings. The van der Waals surface area contributed by atoms with E-state index >= 15 is 0 Å². The summed E-state index contributed by atoms with van der Waals surface area (Å²) < 4.78 is 36.6. The molecule has 0 saturated heterocycles. The Hall–Kier alpha value is -2.26. The highest BCUT2D eigenvalue weighted by atomic mass is 79.9. The van der Waals surface area contributed by atoms with Crippen molar-refractivity contribution in [1.82, 2.24) is 5.32 Å². The molecular weight excluding hydrogens is 448 g/mol. The lowest BCUT2D eigenvalue weighted by Crippen LogP contribution is -2.41. The first kappa shape index (κ1) is 22.0. The quantitative estimate of drug-likeness (QED) is 0.640. The molecule has 0 saturated carbocycles. The van der Waals surface area contributed by atoms with E-state index in [9.17, 15) is 13.2 Å². The molecule has 2 aromatic rings. The minimum atomic E-state index is -3.65. The van der Waals surface area contributed by atoms with Crippen LogP contribution in [-0.2, 0) is 14.8 Å². The molecule has 1 amide bonds. The van der Waals surface area contributed by atoms with Gasteiger partial charge in [-0.2, -0.15) is 0 Å². The predicted molar refractivity (Wildman–Crippen MR) is 112 cm³/mol. The fourth-order valence-corrected chi connectivity index (χ4v) is 4.14. The SMILES string of the molecule is COc1ccc(C(C)NC(=O)CN(c2ccccc2Br)S(C)(=O)=O)cc1OC. The van der Waals surface area contributed by atoms with E-state index in [1.165, 1.54) is 7.11 Å². The molecule has 28 heavy (non-hydrogen) atoms. The number of nitrogens with one attached hydrogen (secondary N) is 1. The molecule has 9 heteroatoms. The molecule has 152 valence electrons. The van der Waals surface area contributed by atoms with Gasteiger partial charge >= 0.3 is 0 Å². The van der Waals surface area contributed by atoms with Crippen molar-refractivity contribution in [3.05, 3.63) is 52.5 Å². The molecule has 1 unspecified atom stereocenters. The van der Waals surface area contributed by atoms with Crippen molar-refractivity contribution in [2.75, 3.05) is 31.3 Å². The number of hydrogen-bond acceptors (Lipinski definition) is 5. The van der Waals surface area contributed by atoms with Gasteiger partial charge in [-0.05, 0) is 52.7 Å². The first-order chi connectivity index (χ1) is 13.2. The van der Waals surface area contributed by atoms with Gasteiger partial charge in [0.15, 0.2) is 11.5 Å². The Kier molecular flexibility index (Phi) is 7.31. The zero-order valence-electron chi connectivity index (χ0n) is 16.1. The average Bonchev–Trinajstić information content (AvgIpc) is 2.65. The van der Waals surface area contributed by atoms with Gasteiger partial charge in [-0.15, -0.1) is 0 Å². The lowest BCUT2D eigenvalue weighted by atomic mass is 10.1. The summed E-state index contributed by atoms with van der Waals surface area (Å²) in [6.45, 7) is 1.47. The lowest BCUT2D eigenvalue weighted by molar-refractivity contribution is -0.120. The Balaban J connectivity index is 2.18. The normalized spacial score (nSPS) is 12.2. The van der Waals surface area contributed by atoms with Crippen molar-refractivity contribution >= 4 is 37.5 Å². The highest BCUT2D eigenvalue weighted by Crippen LogP contribution is 2.30. The van der Waals surface area contributed by atoms with Gasteiger partial charge in [-0.1, -0.05) is 18.2 Å². The van der Waals surface area contributed by atoms with Crippen LogP contribution in [0.5, 0.6) is 11.5 Å². The van der Waals surface area contributed by atoms with E-state index in [4.69, 9.17) is 9.47 Å². The van der Waals surface area contributed by atoms with Gasteiger partial charge in [0.25, 0.3) is 0 Å². The molecule has 0 bridgehead atoms. The molecular formula is C19H23BrN2O5S. The maximum Gasteiger partial charge on any atom is 0.241 e. The molecule has 0 aliphatic carbocycles. The van der Waals surface area contributed by atoms with Crippen LogP contribution < -0.4 is 19.1 Å². The molecule has 7 nitrogen and oxygen atoms in total. The van der Waals surface area contributed by atoms with Crippen LogP contribution in [0.3, 0.4) is 0 Å². The number of amides is 1. The third-order valence-electron chi connectivity index (χ3n) is 4.09. The summed E-state index contributed by atoms with van der Waals surface area (Å²) in [6, 6.07) is 11.8. The Morgan fingerprint density at radius 1 is 1.14 bits per heavy atom. The minimum Gasteiger partial charge on any atom is -0.493 e. The molecule has 0 radical (unpaired) electrons. The van der Waals surface area contributed by atoms with Crippen LogP contribution in [0.25, 0.3) is 0 Å². The molecule has 0 aliphatic heterocycles. The monoisotopic (exact) mass is 470 g/mol. The zero-order chi connectivity index (χ0) is 20.9. The molecule has 0 aromatic heterocycles. The average molecular weight is 471 g/mol. The number of benzene rings is 2. The Morgan fingerprint density at radius 3 is 2.36 bits per heavy atom. The molecule has 2 rings (SSSR count). The Labute approximate surface area is 173 Å². The van der Waals surface area contributed by atoms with Crippen molar-refractivity contribution in [2.24, 2.45) is 0 Å². The highest BCUT2D eigenvalue weighted by molar-refractivity contribution is 9.10. The van der Waals surface area contributed by atoms with Crippen LogP contribution in [0.4, 0.5) is 5.69 Å². The number of halogens is 1. The van der Waals surface area contributed by atoms with Crippen LogP contribution in [0, 0.1) is 0 Å². The van der Waals surface area contributed by atoms with Gasteiger partial charge in [0.05, 0.1) is 32.2 Å². The third-order valence-corrected chi connectivity index (χ3v) is 5.89. The van der Waals surface area contributed by atoms with Gasteiger partial charge in [-0.3, -0.25) is 9.10 Å². The van der Waals surface area contributed by atoms with E-state index in [0.717, 1.165) is 16.1 Å². The van der Waals surface area contributed by atoms with E-state index in [-0.39, 0.29) is 12.6 Å². The van der Waals surface area contributed by atoms with E-state index in [0.29, 0.717) is 21.7 Å². The summed E-state index contributed by atoms with van der Waals surface area (Å²) in [5.74, 6) is 0.706. The molecule has 0 spiro atoms.